The molecule has 6 heteroatoms. The van der Waals surface area contributed by atoms with Crippen LogP contribution >= 0.6 is 0 Å². The minimum atomic E-state index is -4.32. The lowest BCUT2D eigenvalue weighted by molar-refractivity contribution is -0.219. The first-order chi connectivity index (χ1) is 10.4. The van der Waals surface area contributed by atoms with Crippen molar-refractivity contribution >= 4 is 0 Å². The number of alkyl halides is 3. The minimum absolute atomic E-state index is 0.0320. The molecule has 4 rings (SSSR count). The van der Waals surface area contributed by atoms with Gasteiger partial charge in [0.25, 0.3) is 0 Å². The normalized spacial score (nSPS) is 37.5. The van der Waals surface area contributed by atoms with Gasteiger partial charge in [0, 0.05) is 18.9 Å². The zero-order valence-corrected chi connectivity index (χ0v) is 12.0. The van der Waals surface area contributed by atoms with Crippen LogP contribution in [-0.2, 0) is 6.18 Å². The Morgan fingerprint density at radius 2 is 1.86 bits per heavy atom. The first-order valence-electron chi connectivity index (χ1n) is 7.71. The fourth-order valence-corrected chi connectivity index (χ4v) is 4.25. The second-order valence-electron chi connectivity index (χ2n) is 6.78. The monoisotopic (exact) mass is 313 g/mol. The van der Waals surface area contributed by atoms with Crippen molar-refractivity contribution < 1.29 is 23.1 Å². The highest BCUT2D eigenvalue weighted by atomic mass is 19.4. The Morgan fingerprint density at radius 1 is 1.14 bits per heavy atom. The fourth-order valence-electron chi connectivity index (χ4n) is 4.25. The van der Waals surface area contributed by atoms with E-state index in [0.29, 0.717) is 11.7 Å². The molecular weight excluding hydrogens is 295 g/mol. The molecule has 0 amide bonds. The highest BCUT2D eigenvalue weighted by Gasteiger charge is 2.65. The van der Waals surface area contributed by atoms with E-state index in [-0.39, 0.29) is 17.7 Å². The maximum absolute atomic E-state index is 12.6. The lowest BCUT2D eigenvalue weighted by atomic mass is 9.84. The first-order valence-corrected chi connectivity index (χ1v) is 7.71. The SMILES string of the molecule is ON1[C@H]2CCC3CC31CC(Oc1ccc(C(F)(F)F)cc1)C2. The molecule has 1 aliphatic carbocycles. The third kappa shape index (κ3) is 2.20. The number of benzene rings is 1. The third-order valence-corrected chi connectivity index (χ3v) is 5.45. The summed E-state index contributed by atoms with van der Waals surface area (Å²) < 4.78 is 43.6. The number of ether oxygens (including phenoxy) is 1. The van der Waals surface area contributed by atoms with E-state index in [9.17, 15) is 18.4 Å². The van der Waals surface area contributed by atoms with Crippen LogP contribution in [0.3, 0.4) is 0 Å². The highest BCUT2D eigenvalue weighted by molar-refractivity contribution is 5.29. The third-order valence-electron chi connectivity index (χ3n) is 5.45. The van der Waals surface area contributed by atoms with Crippen molar-refractivity contribution in [3.8, 4) is 5.75 Å². The fraction of sp³-hybridized carbons (Fsp3) is 0.625. The Balaban J connectivity index is 1.46. The van der Waals surface area contributed by atoms with Gasteiger partial charge >= 0.3 is 6.18 Å². The molecule has 22 heavy (non-hydrogen) atoms. The van der Waals surface area contributed by atoms with Crippen LogP contribution in [0.1, 0.15) is 37.7 Å². The molecule has 0 aromatic heterocycles. The summed E-state index contributed by atoms with van der Waals surface area (Å²) in [5.74, 6) is 1.02. The van der Waals surface area contributed by atoms with E-state index in [1.165, 1.54) is 17.2 Å². The zero-order valence-electron chi connectivity index (χ0n) is 12.0. The van der Waals surface area contributed by atoms with E-state index in [1.807, 2.05) is 0 Å². The highest BCUT2D eigenvalue weighted by Crippen LogP contribution is 2.60. The lowest BCUT2D eigenvalue weighted by Gasteiger charge is -2.45. The molecule has 0 radical (unpaired) electrons. The average Bonchev–Trinajstić information content (AvgIpc) is 3.13. The number of fused-ring (bicyclic) bond motifs is 1. The minimum Gasteiger partial charge on any atom is -0.490 e. The van der Waals surface area contributed by atoms with Gasteiger partial charge in [-0.2, -0.15) is 18.2 Å². The van der Waals surface area contributed by atoms with E-state index in [4.69, 9.17) is 4.74 Å². The molecule has 3 nitrogen and oxygen atoms in total. The van der Waals surface area contributed by atoms with Crippen molar-refractivity contribution in [1.82, 2.24) is 5.06 Å². The Bertz CT molecular complexity index is 574. The summed E-state index contributed by atoms with van der Waals surface area (Å²) >= 11 is 0. The molecule has 2 aliphatic heterocycles. The summed E-state index contributed by atoms with van der Waals surface area (Å²) in [7, 11) is 0. The molecule has 1 aromatic rings. The van der Waals surface area contributed by atoms with Gasteiger partial charge in [0.05, 0.1) is 11.1 Å². The van der Waals surface area contributed by atoms with Gasteiger partial charge in [0.1, 0.15) is 11.9 Å². The predicted molar refractivity (Wildman–Crippen MR) is 72.6 cm³/mol. The molecular formula is C16H18F3NO2. The van der Waals surface area contributed by atoms with Gasteiger partial charge in [-0.3, -0.25) is 0 Å². The van der Waals surface area contributed by atoms with E-state index in [0.717, 1.165) is 44.2 Å². The molecule has 1 spiro atoms. The Hall–Kier alpha value is -1.27. The molecule has 2 heterocycles. The molecule has 2 saturated heterocycles. The average molecular weight is 313 g/mol. The number of piperidine rings is 2. The van der Waals surface area contributed by atoms with Crippen molar-refractivity contribution in [2.24, 2.45) is 5.92 Å². The second kappa shape index (κ2) is 4.61. The summed E-state index contributed by atoms with van der Waals surface area (Å²) in [5, 5.41) is 11.8. The molecule has 1 aromatic carbocycles. The van der Waals surface area contributed by atoms with Gasteiger partial charge in [0.15, 0.2) is 0 Å². The lowest BCUT2D eigenvalue weighted by Crippen LogP contribution is -2.55. The molecule has 120 valence electrons. The van der Waals surface area contributed by atoms with Crippen molar-refractivity contribution in [3.05, 3.63) is 29.8 Å². The molecule has 2 bridgehead atoms. The second-order valence-corrected chi connectivity index (χ2v) is 6.78. The van der Waals surface area contributed by atoms with Crippen LogP contribution in [0, 0.1) is 5.92 Å². The summed E-state index contributed by atoms with van der Waals surface area (Å²) in [6.07, 6.45) is 0.267. The summed E-state index contributed by atoms with van der Waals surface area (Å²) in [6.45, 7) is 0. The molecule has 3 aliphatic rings. The zero-order chi connectivity index (χ0) is 15.5. The van der Waals surface area contributed by atoms with E-state index in [2.05, 4.69) is 0 Å². The number of hydrogen-bond acceptors (Lipinski definition) is 3. The van der Waals surface area contributed by atoms with Gasteiger partial charge in [0.2, 0.25) is 0 Å². The van der Waals surface area contributed by atoms with Crippen LogP contribution < -0.4 is 4.74 Å². The van der Waals surface area contributed by atoms with E-state index < -0.39 is 11.7 Å². The van der Waals surface area contributed by atoms with Gasteiger partial charge in [-0.05, 0) is 49.4 Å². The Labute approximate surface area is 126 Å². The van der Waals surface area contributed by atoms with Gasteiger partial charge in [-0.1, -0.05) is 0 Å². The van der Waals surface area contributed by atoms with Crippen molar-refractivity contribution in [2.45, 2.75) is 56.0 Å². The van der Waals surface area contributed by atoms with Crippen LogP contribution in [0.2, 0.25) is 0 Å². The van der Waals surface area contributed by atoms with Gasteiger partial charge in [-0.25, -0.2) is 0 Å². The molecule has 3 fully saturated rings. The Morgan fingerprint density at radius 3 is 2.55 bits per heavy atom. The van der Waals surface area contributed by atoms with Crippen LogP contribution in [0.15, 0.2) is 24.3 Å². The number of hydrogen-bond donors (Lipinski definition) is 1. The predicted octanol–water partition coefficient (Wildman–Crippen LogP) is 3.86. The first kappa shape index (κ1) is 14.3. The van der Waals surface area contributed by atoms with Crippen LogP contribution in [0.5, 0.6) is 5.75 Å². The van der Waals surface area contributed by atoms with Crippen molar-refractivity contribution in [3.63, 3.8) is 0 Å². The summed E-state index contributed by atoms with van der Waals surface area (Å²) in [6, 6.07) is 4.98. The molecule has 3 unspecified atom stereocenters. The van der Waals surface area contributed by atoms with Crippen molar-refractivity contribution in [2.75, 3.05) is 0 Å². The number of nitrogens with zero attached hydrogens (tertiary/aromatic N) is 1. The van der Waals surface area contributed by atoms with E-state index >= 15 is 0 Å². The topological polar surface area (TPSA) is 32.7 Å². The van der Waals surface area contributed by atoms with Crippen LogP contribution in [0.25, 0.3) is 0 Å². The molecule has 1 saturated carbocycles. The largest absolute Gasteiger partial charge is 0.490 e. The van der Waals surface area contributed by atoms with E-state index in [1.54, 1.807) is 0 Å². The molecule has 1 N–H and O–H groups in total. The van der Waals surface area contributed by atoms with Crippen molar-refractivity contribution in [1.29, 1.82) is 0 Å². The smallest absolute Gasteiger partial charge is 0.416 e. The number of rotatable bonds is 2. The summed E-state index contributed by atoms with van der Waals surface area (Å²) in [5.41, 5.74) is -0.791. The van der Waals surface area contributed by atoms with Crippen LogP contribution in [-0.4, -0.2) is 28.0 Å². The van der Waals surface area contributed by atoms with Gasteiger partial charge < -0.3 is 9.94 Å². The number of halogens is 3. The maximum Gasteiger partial charge on any atom is 0.416 e. The number of hydroxylamine groups is 2. The summed E-state index contributed by atoms with van der Waals surface area (Å²) in [4.78, 5) is 0. The molecule has 4 atom stereocenters. The Kier molecular flexibility index (Phi) is 3.01. The maximum atomic E-state index is 12.6. The quantitative estimate of drug-likeness (QED) is 0.900. The van der Waals surface area contributed by atoms with Crippen LogP contribution in [0.4, 0.5) is 13.2 Å². The standard InChI is InChI=1S/C16H18F3NO2/c17-16(18,19)10-2-5-13(6-3-10)22-14-7-12-4-1-11-8-15(11,9-14)20(12)21/h2-3,5-6,11-12,14,21H,1,4,7-9H2/t11?,12-,14?,15?/m0/s1. The van der Waals surface area contributed by atoms with Gasteiger partial charge in [-0.15, -0.1) is 0 Å².